The molecule has 1 aromatic heterocycles. The second kappa shape index (κ2) is 6.67. The fraction of sp³-hybridized carbons (Fsp3) is 0.350. The minimum atomic E-state index is -0.0376. The molecule has 2 heterocycles. The third-order valence-electron chi connectivity index (χ3n) is 4.95. The summed E-state index contributed by atoms with van der Waals surface area (Å²) in [6.07, 6.45) is 11.5. The first kappa shape index (κ1) is 15.8. The zero-order valence-corrected chi connectivity index (χ0v) is 14.4. The van der Waals surface area contributed by atoms with Gasteiger partial charge in [0.15, 0.2) is 0 Å². The topological polar surface area (TPSA) is 57.6 Å². The van der Waals surface area contributed by atoms with Crippen LogP contribution in [0, 0.1) is 0 Å². The van der Waals surface area contributed by atoms with Gasteiger partial charge in [-0.25, -0.2) is 4.99 Å². The highest BCUT2D eigenvalue weighted by Gasteiger charge is 2.29. The number of nitrogens with one attached hydrogen (secondary N) is 1. The number of guanidine groups is 1. The van der Waals surface area contributed by atoms with Crippen LogP contribution in [-0.4, -0.2) is 34.8 Å². The van der Waals surface area contributed by atoms with Crippen LogP contribution in [-0.2, 0) is 4.79 Å². The van der Waals surface area contributed by atoms with Gasteiger partial charge >= 0.3 is 0 Å². The van der Waals surface area contributed by atoms with Crippen molar-refractivity contribution in [2.24, 2.45) is 4.99 Å². The fourth-order valence-corrected chi connectivity index (χ4v) is 3.49. The lowest BCUT2D eigenvalue weighted by atomic mass is 9.96. The molecule has 0 bridgehead atoms. The van der Waals surface area contributed by atoms with E-state index in [9.17, 15) is 4.79 Å². The summed E-state index contributed by atoms with van der Waals surface area (Å²) < 4.78 is 0. The Kier molecular flexibility index (Phi) is 4.22. The zero-order valence-electron chi connectivity index (χ0n) is 14.4. The summed E-state index contributed by atoms with van der Waals surface area (Å²) in [4.78, 5) is 23.0. The van der Waals surface area contributed by atoms with Crippen molar-refractivity contribution in [1.82, 2.24) is 15.2 Å². The molecule has 0 spiro atoms. The number of carbonyl (C=O) groups is 1. The van der Waals surface area contributed by atoms with E-state index < -0.39 is 0 Å². The molecule has 0 radical (unpaired) electrons. The average molecular weight is 334 g/mol. The third kappa shape index (κ3) is 3.27. The maximum Gasteiger partial charge on any atom is 0.276 e. The molecular formula is C20H22N4O. The molecule has 1 amide bonds. The first-order chi connectivity index (χ1) is 12.2. The summed E-state index contributed by atoms with van der Waals surface area (Å²) in [5, 5.41) is 5.41. The van der Waals surface area contributed by atoms with Crippen LogP contribution >= 0.6 is 0 Å². The molecule has 5 heteroatoms. The largest absolute Gasteiger partial charge is 0.321 e. The van der Waals surface area contributed by atoms with Crippen molar-refractivity contribution in [2.75, 3.05) is 7.05 Å². The molecule has 2 aromatic rings. The van der Waals surface area contributed by atoms with Crippen LogP contribution in [0.15, 0.2) is 47.3 Å². The van der Waals surface area contributed by atoms with E-state index in [4.69, 9.17) is 4.99 Å². The van der Waals surface area contributed by atoms with Crippen LogP contribution in [0.2, 0.25) is 0 Å². The maximum atomic E-state index is 12.5. The number of nitrogens with zero attached hydrogens (tertiary/aromatic N) is 3. The minimum Gasteiger partial charge on any atom is -0.321 e. The van der Waals surface area contributed by atoms with E-state index >= 15 is 0 Å². The number of pyridine rings is 1. The highest BCUT2D eigenvalue weighted by Crippen LogP contribution is 2.22. The van der Waals surface area contributed by atoms with Crippen molar-refractivity contribution >= 4 is 28.7 Å². The van der Waals surface area contributed by atoms with E-state index in [-0.39, 0.29) is 5.91 Å². The molecule has 2 aliphatic rings. The van der Waals surface area contributed by atoms with Crippen molar-refractivity contribution in [3.8, 4) is 0 Å². The van der Waals surface area contributed by atoms with Gasteiger partial charge in [-0.1, -0.05) is 31.4 Å². The Balaban J connectivity index is 1.59. The summed E-state index contributed by atoms with van der Waals surface area (Å²) in [5.74, 6) is 0.637. The molecule has 2 fully saturated rings. The van der Waals surface area contributed by atoms with Gasteiger partial charge in [0.2, 0.25) is 5.96 Å². The van der Waals surface area contributed by atoms with Gasteiger partial charge in [-0.05, 0) is 42.0 Å². The molecular weight excluding hydrogens is 312 g/mol. The fourth-order valence-electron chi connectivity index (χ4n) is 3.49. The lowest BCUT2D eigenvalue weighted by molar-refractivity contribution is -0.121. The summed E-state index contributed by atoms with van der Waals surface area (Å²) >= 11 is 0. The van der Waals surface area contributed by atoms with Crippen LogP contribution < -0.4 is 5.32 Å². The molecule has 0 unspecified atom stereocenters. The summed E-state index contributed by atoms with van der Waals surface area (Å²) in [5.41, 5.74) is 1.56. The van der Waals surface area contributed by atoms with Gasteiger partial charge in [0.25, 0.3) is 5.91 Å². The van der Waals surface area contributed by atoms with Gasteiger partial charge in [0.05, 0.1) is 6.04 Å². The molecule has 1 saturated heterocycles. The van der Waals surface area contributed by atoms with Gasteiger partial charge in [-0.15, -0.1) is 0 Å². The van der Waals surface area contributed by atoms with E-state index in [1.165, 1.54) is 19.3 Å². The zero-order chi connectivity index (χ0) is 17.2. The third-order valence-corrected chi connectivity index (χ3v) is 4.95. The molecule has 1 saturated carbocycles. The first-order valence-corrected chi connectivity index (χ1v) is 8.89. The second-order valence-corrected chi connectivity index (χ2v) is 6.77. The maximum absolute atomic E-state index is 12.5. The first-order valence-electron chi connectivity index (χ1n) is 8.89. The Morgan fingerprint density at radius 2 is 2.04 bits per heavy atom. The Morgan fingerprint density at radius 1 is 1.20 bits per heavy atom. The molecule has 1 aliphatic heterocycles. The van der Waals surface area contributed by atoms with Crippen LogP contribution in [0.4, 0.5) is 0 Å². The number of aliphatic imine (C=N–C) groups is 1. The lowest BCUT2D eigenvalue weighted by Crippen LogP contribution is -2.30. The van der Waals surface area contributed by atoms with E-state index in [0.717, 1.165) is 29.2 Å². The van der Waals surface area contributed by atoms with Crippen molar-refractivity contribution in [2.45, 2.75) is 38.1 Å². The second-order valence-electron chi connectivity index (χ2n) is 6.77. The normalized spacial score (nSPS) is 22.1. The van der Waals surface area contributed by atoms with Gasteiger partial charge in [0, 0.05) is 24.8 Å². The van der Waals surface area contributed by atoms with Gasteiger partial charge in [-0.2, -0.15) is 0 Å². The number of amides is 1. The Labute approximate surface area is 147 Å². The van der Waals surface area contributed by atoms with Crippen LogP contribution in [0.3, 0.4) is 0 Å². The van der Waals surface area contributed by atoms with Crippen LogP contribution in [0.1, 0.15) is 37.7 Å². The number of likely N-dealkylation sites (N-methyl/N-ethyl adjacent to an activating group) is 1. The van der Waals surface area contributed by atoms with Gasteiger partial charge < -0.3 is 5.32 Å². The predicted octanol–water partition coefficient (Wildman–Crippen LogP) is 3.33. The molecule has 1 aromatic carbocycles. The number of hydrogen-bond acceptors (Lipinski definition) is 3. The number of carbonyl (C=O) groups excluding carboxylic acids is 1. The van der Waals surface area contributed by atoms with Crippen molar-refractivity contribution in [1.29, 1.82) is 0 Å². The predicted molar refractivity (Wildman–Crippen MR) is 99.9 cm³/mol. The summed E-state index contributed by atoms with van der Waals surface area (Å²) in [6, 6.07) is 8.40. The Morgan fingerprint density at radius 3 is 2.88 bits per heavy atom. The number of aromatic nitrogens is 1. The number of benzene rings is 1. The van der Waals surface area contributed by atoms with Crippen molar-refractivity contribution in [3.63, 3.8) is 0 Å². The highest BCUT2D eigenvalue weighted by molar-refractivity contribution is 6.15. The highest BCUT2D eigenvalue weighted by atomic mass is 16.2. The van der Waals surface area contributed by atoms with E-state index in [1.807, 2.05) is 30.5 Å². The smallest absolute Gasteiger partial charge is 0.276 e. The average Bonchev–Trinajstić information content (AvgIpc) is 2.90. The molecule has 5 nitrogen and oxygen atoms in total. The standard InChI is InChI=1S/C20H22N4O/c1-24-19(25)18(23-20(24)22-17-5-3-2-4-6-17)12-14-7-8-16-13-21-10-9-15(16)11-14/h7-13,17H,2-6H2,1H3,(H,22,23)/b18-12-. The Bertz CT molecular complexity index is 865. The SMILES string of the molecule is CN1C(=O)/C(=C/c2ccc3cnccc3c2)NC1=NC1CCCCC1. The van der Waals surface area contributed by atoms with Crippen molar-refractivity contribution in [3.05, 3.63) is 47.9 Å². The Hall–Kier alpha value is -2.69. The molecule has 128 valence electrons. The number of fused-ring (bicyclic) bond motifs is 1. The summed E-state index contributed by atoms with van der Waals surface area (Å²) in [7, 11) is 1.78. The van der Waals surface area contributed by atoms with E-state index in [1.54, 1.807) is 18.1 Å². The lowest BCUT2D eigenvalue weighted by Gasteiger charge is -2.19. The van der Waals surface area contributed by atoms with Crippen molar-refractivity contribution < 1.29 is 4.79 Å². The molecule has 25 heavy (non-hydrogen) atoms. The minimum absolute atomic E-state index is 0.0376. The number of hydrogen-bond donors (Lipinski definition) is 1. The van der Waals surface area contributed by atoms with Crippen LogP contribution in [0.25, 0.3) is 16.8 Å². The molecule has 4 rings (SSSR count). The van der Waals surface area contributed by atoms with E-state index in [2.05, 4.69) is 16.4 Å². The number of rotatable bonds is 2. The van der Waals surface area contributed by atoms with E-state index in [0.29, 0.717) is 17.7 Å². The van der Waals surface area contributed by atoms with Crippen LogP contribution in [0.5, 0.6) is 0 Å². The summed E-state index contributed by atoms with van der Waals surface area (Å²) in [6.45, 7) is 0. The van der Waals surface area contributed by atoms with Gasteiger partial charge in [0.1, 0.15) is 5.70 Å². The molecule has 1 N–H and O–H groups in total. The molecule has 0 atom stereocenters. The monoisotopic (exact) mass is 334 g/mol. The molecule has 1 aliphatic carbocycles. The quantitative estimate of drug-likeness (QED) is 0.857. The van der Waals surface area contributed by atoms with Gasteiger partial charge in [-0.3, -0.25) is 14.7 Å².